The van der Waals surface area contributed by atoms with Gasteiger partial charge in [-0.2, -0.15) is 0 Å². The lowest BCUT2D eigenvalue weighted by molar-refractivity contribution is 0.296. The third kappa shape index (κ3) is 2.73. The van der Waals surface area contributed by atoms with Crippen molar-refractivity contribution in [1.82, 2.24) is 14.5 Å². The third-order valence-electron chi connectivity index (χ3n) is 2.22. The normalized spacial score (nSPS) is 10.4. The van der Waals surface area contributed by atoms with Crippen LogP contribution in [0, 0.1) is 6.92 Å². The minimum Gasteiger partial charge on any atom is -0.490 e. The van der Waals surface area contributed by atoms with E-state index in [-0.39, 0.29) is 0 Å². The monoisotopic (exact) mass is 237 g/mol. The Balaban J connectivity index is 1.84. The van der Waals surface area contributed by atoms with E-state index in [9.17, 15) is 0 Å². The van der Waals surface area contributed by atoms with E-state index in [1.54, 1.807) is 24.5 Å². The maximum absolute atomic E-state index is 5.67. The van der Waals surface area contributed by atoms with Crippen LogP contribution >= 0.6 is 11.6 Å². The van der Waals surface area contributed by atoms with Crippen LogP contribution in [0.15, 0.2) is 30.7 Å². The lowest BCUT2D eigenvalue weighted by Gasteiger charge is -2.07. The fourth-order valence-corrected chi connectivity index (χ4v) is 1.46. The van der Waals surface area contributed by atoms with Crippen molar-refractivity contribution >= 4 is 11.6 Å². The number of halogens is 1. The molecule has 4 nitrogen and oxygen atoms in total. The maximum Gasteiger partial charge on any atom is 0.137 e. The van der Waals surface area contributed by atoms with Crippen LogP contribution < -0.4 is 4.74 Å². The zero-order valence-corrected chi connectivity index (χ0v) is 9.68. The summed E-state index contributed by atoms with van der Waals surface area (Å²) in [5.74, 6) is 1.71. The van der Waals surface area contributed by atoms with Crippen LogP contribution in [0.5, 0.6) is 5.75 Å². The molecule has 0 aromatic carbocycles. The average molecular weight is 238 g/mol. The first kappa shape index (κ1) is 11.0. The van der Waals surface area contributed by atoms with E-state index in [1.807, 2.05) is 17.7 Å². The molecule has 16 heavy (non-hydrogen) atoms. The van der Waals surface area contributed by atoms with E-state index in [0.717, 1.165) is 18.1 Å². The van der Waals surface area contributed by atoms with Gasteiger partial charge in [0.15, 0.2) is 0 Å². The maximum atomic E-state index is 5.67. The van der Waals surface area contributed by atoms with Crippen molar-refractivity contribution in [3.05, 3.63) is 41.7 Å². The fourth-order valence-electron chi connectivity index (χ4n) is 1.35. The van der Waals surface area contributed by atoms with Crippen molar-refractivity contribution in [2.75, 3.05) is 6.61 Å². The number of hydrogen-bond acceptors (Lipinski definition) is 3. The zero-order chi connectivity index (χ0) is 11.4. The number of aromatic nitrogens is 3. The van der Waals surface area contributed by atoms with Gasteiger partial charge in [0, 0.05) is 12.4 Å². The van der Waals surface area contributed by atoms with Gasteiger partial charge in [0.25, 0.3) is 0 Å². The van der Waals surface area contributed by atoms with Crippen LogP contribution in [-0.4, -0.2) is 21.1 Å². The van der Waals surface area contributed by atoms with Gasteiger partial charge in [-0.05, 0) is 19.1 Å². The number of hydrogen-bond donors (Lipinski definition) is 0. The molecule has 0 amide bonds. The predicted octanol–water partition coefficient (Wildman–Crippen LogP) is 2.32. The Morgan fingerprint density at radius 2 is 2.25 bits per heavy atom. The van der Waals surface area contributed by atoms with Gasteiger partial charge in [-0.25, -0.2) is 9.97 Å². The summed E-state index contributed by atoms with van der Waals surface area (Å²) in [6.45, 7) is 3.32. The molecule has 84 valence electrons. The highest BCUT2D eigenvalue weighted by atomic mass is 35.5. The summed E-state index contributed by atoms with van der Waals surface area (Å²) >= 11 is 5.67. The van der Waals surface area contributed by atoms with Crippen LogP contribution in [-0.2, 0) is 6.54 Å². The van der Waals surface area contributed by atoms with Crippen LogP contribution in [0.2, 0.25) is 5.15 Å². The minimum atomic E-state index is 0.470. The molecular weight excluding hydrogens is 226 g/mol. The average Bonchev–Trinajstić information content (AvgIpc) is 2.68. The van der Waals surface area contributed by atoms with Crippen LogP contribution in [0.1, 0.15) is 5.82 Å². The van der Waals surface area contributed by atoms with Crippen molar-refractivity contribution in [3.8, 4) is 5.75 Å². The Morgan fingerprint density at radius 3 is 2.88 bits per heavy atom. The van der Waals surface area contributed by atoms with Crippen molar-refractivity contribution in [2.24, 2.45) is 0 Å². The van der Waals surface area contributed by atoms with Gasteiger partial charge in [0.2, 0.25) is 0 Å². The molecule has 2 aromatic heterocycles. The molecule has 0 saturated heterocycles. The molecule has 5 heteroatoms. The topological polar surface area (TPSA) is 39.9 Å². The van der Waals surface area contributed by atoms with Crippen molar-refractivity contribution in [2.45, 2.75) is 13.5 Å². The lowest BCUT2D eigenvalue weighted by atomic mass is 10.4. The summed E-state index contributed by atoms with van der Waals surface area (Å²) in [7, 11) is 0. The predicted molar refractivity (Wildman–Crippen MR) is 61.7 cm³/mol. The second-order valence-corrected chi connectivity index (χ2v) is 3.72. The lowest BCUT2D eigenvalue weighted by Crippen LogP contribution is -2.08. The minimum absolute atomic E-state index is 0.470. The first-order valence-electron chi connectivity index (χ1n) is 4.98. The molecule has 2 heterocycles. The standard InChI is InChI=1S/C11H12ClN3O/c1-9-13-4-5-15(9)6-7-16-10-2-3-11(12)14-8-10/h2-5,8H,6-7H2,1H3. The molecule has 0 N–H and O–H groups in total. The van der Waals surface area contributed by atoms with Gasteiger partial charge in [0.05, 0.1) is 12.7 Å². The van der Waals surface area contributed by atoms with E-state index in [0.29, 0.717) is 11.8 Å². The van der Waals surface area contributed by atoms with E-state index < -0.39 is 0 Å². The number of aryl methyl sites for hydroxylation is 1. The second-order valence-electron chi connectivity index (χ2n) is 3.33. The van der Waals surface area contributed by atoms with E-state index in [1.165, 1.54) is 0 Å². The van der Waals surface area contributed by atoms with Crippen molar-refractivity contribution in [1.29, 1.82) is 0 Å². The van der Waals surface area contributed by atoms with Crippen molar-refractivity contribution in [3.63, 3.8) is 0 Å². The highest BCUT2D eigenvalue weighted by molar-refractivity contribution is 6.29. The molecule has 0 aliphatic rings. The van der Waals surface area contributed by atoms with Crippen LogP contribution in [0.3, 0.4) is 0 Å². The summed E-state index contributed by atoms with van der Waals surface area (Å²) in [5, 5.41) is 0.470. The largest absolute Gasteiger partial charge is 0.490 e. The molecule has 0 fully saturated rings. The van der Waals surface area contributed by atoms with E-state index >= 15 is 0 Å². The molecule has 0 aliphatic carbocycles. The van der Waals surface area contributed by atoms with Gasteiger partial charge in [-0.15, -0.1) is 0 Å². The Hall–Kier alpha value is -1.55. The third-order valence-corrected chi connectivity index (χ3v) is 2.45. The van der Waals surface area contributed by atoms with Crippen molar-refractivity contribution < 1.29 is 4.74 Å². The van der Waals surface area contributed by atoms with Crippen LogP contribution in [0.4, 0.5) is 0 Å². The quantitative estimate of drug-likeness (QED) is 0.767. The zero-order valence-electron chi connectivity index (χ0n) is 8.93. The molecular formula is C11H12ClN3O. The smallest absolute Gasteiger partial charge is 0.137 e. The Bertz CT molecular complexity index is 453. The molecule has 0 atom stereocenters. The van der Waals surface area contributed by atoms with E-state index in [2.05, 4.69) is 9.97 Å². The van der Waals surface area contributed by atoms with Gasteiger partial charge in [-0.3, -0.25) is 0 Å². The summed E-state index contributed by atoms with van der Waals surface area (Å²) in [4.78, 5) is 8.07. The summed E-state index contributed by atoms with van der Waals surface area (Å²) in [6, 6.07) is 3.51. The van der Waals surface area contributed by atoms with Gasteiger partial charge < -0.3 is 9.30 Å². The summed E-state index contributed by atoms with van der Waals surface area (Å²) < 4.78 is 7.55. The number of nitrogens with zero attached hydrogens (tertiary/aromatic N) is 3. The Kier molecular flexibility index (Phi) is 3.41. The SMILES string of the molecule is Cc1nccn1CCOc1ccc(Cl)nc1. The van der Waals surface area contributed by atoms with Gasteiger partial charge in [0.1, 0.15) is 23.3 Å². The molecule has 2 aromatic rings. The molecule has 0 saturated carbocycles. The first-order valence-corrected chi connectivity index (χ1v) is 5.35. The molecule has 2 rings (SSSR count). The number of pyridine rings is 1. The first-order chi connectivity index (χ1) is 7.75. The molecule has 0 bridgehead atoms. The summed E-state index contributed by atoms with van der Waals surface area (Å²) in [5.41, 5.74) is 0. The molecule has 0 unspecified atom stereocenters. The number of rotatable bonds is 4. The summed E-state index contributed by atoms with van der Waals surface area (Å²) in [6.07, 6.45) is 5.32. The number of imidazole rings is 1. The fraction of sp³-hybridized carbons (Fsp3) is 0.273. The van der Waals surface area contributed by atoms with Gasteiger partial charge in [-0.1, -0.05) is 11.6 Å². The Morgan fingerprint density at radius 1 is 1.38 bits per heavy atom. The molecule has 0 aliphatic heterocycles. The molecule has 0 spiro atoms. The second kappa shape index (κ2) is 4.99. The van der Waals surface area contributed by atoms with Gasteiger partial charge >= 0.3 is 0 Å². The number of ether oxygens (including phenoxy) is 1. The van der Waals surface area contributed by atoms with E-state index in [4.69, 9.17) is 16.3 Å². The Labute approximate surface area is 98.9 Å². The highest BCUT2D eigenvalue weighted by Gasteiger charge is 1.98. The van der Waals surface area contributed by atoms with Crippen LogP contribution in [0.25, 0.3) is 0 Å². The highest BCUT2D eigenvalue weighted by Crippen LogP contribution is 2.11. The molecule has 0 radical (unpaired) electrons.